The molecule has 0 amide bonds. The molecule has 2 aromatic rings. The van der Waals surface area contributed by atoms with Crippen LogP contribution in [0.1, 0.15) is 95.8 Å². The van der Waals surface area contributed by atoms with Crippen LogP contribution in [-0.4, -0.2) is 49.3 Å². The van der Waals surface area contributed by atoms with Crippen molar-refractivity contribution in [3.8, 4) is 11.5 Å². The highest BCUT2D eigenvalue weighted by molar-refractivity contribution is 5.74. The fourth-order valence-corrected chi connectivity index (χ4v) is 7.12. The number of ether oxygens (including phenoxy) is 3. The lowest BCUT2D eigenvalue weighted by molar-refractivity contribution is -0.134. The standard InChI is InChI=1S/C35H47NO4/c1-6-16-35(5,26-11-8-7-9-12-26)27-23-30(39-32(37)13-10-17-36-18-20-38-21-19-36)33-28-22-25(2)14-15-29(28)34(3,4)40-31(33)24-27/h7-9,11-12,22-24,28-29H,6,10,13-21H2,1-5H3. The van der Waals surface area contributed by atoms with Crippen LogP contribution in [-0.2, 0) is 14.9 Å². The van der Waals surface area contributed by atoms with E-state index >= 15 is 0 Å². The first-order valence-electron chi connectivity index (χ1n) is 15.3. The third-order valence-corrected chi connectivity index (χ3v) is 9.43. The SMILES string of the molecule is CCCC(C)(c1ccccc1)c1cc(OC(=O)CCCN2CCOCC2)c2c(c1)OC(C)(C)C1CCC(C)=CC21. The highest BCUT2D eigenvalue weighted by Gasteiger charge is 2.46. The topological polar surface area (TPSA) is 48.0 Å². The van der Waals surface area contributed by atoms with E-state index in [1.54, 1.807) is 0 Å². The third-order valence-electron chi connectivity index (χ3n) is 9.43. The minimum Gasteiger partial charge on any atom is -0.487 e. The summed E-state index contributed by atoms with van der Waals surface area (Å²) >= 11 is 0. The molecule has 0 spiro atoms. The molecule has 1 fully saturated rings. The van der Waals surface area contributed by atoms with E-state index in [1.165, 1.54) is 11.1 Å². The predicted octanol–water partition coefficient (Wildman–Crippen LogP) is 7.42. The maximum Gasteiger partial charge on any atom is 0.311 e. The fraction of sp³-hybridized carbons (Fsp3) is 0.571. The lowest BCUT2D eigenvalue weighted by atomic mass is 9.67. The van der Waals surface area contributed by atoms with Gasteiger partial charge in [0.2, 0.25) is 0 Å². The van der Waals surface area contributed by atoms with Crippen molar-refractivity contribution in [3.63, 3.8) is 0 Å². The molecule has 3 aliphatic rings. The van der Waals surface area contributed by atoms with E-state index < -0.39 is 0 Å². The molecule has 0 N–H and O–H groups in total. The maximum absolute atomic E-state index is 13.3. The lowest BCUT2D eigenvalue weighted by Crippen LogP contribution is -2.45. The van der Waals surface area contributed by atoms with Gasteiger partial charge in [0.1, 0.15) is 17.1 Å². The highest BCUT2D eigenvalue weighted by atomic mass is 16.5. The molecule has 2 aromatic carbocycles. The van der Waals surface area contributed by atoms with Crippen LogP contribution in [0.25, 0.3) is 0 Å². The summed E-state index contributed by atoms with van der Waals surface area (Å²) in [5.41, 5.74) is 4.31. The predicted molar refractivity (Wildman–Crippen MR) is 160 cm³/mol. The Morgan fingerprint density at radius 1 is 1.12 bits per heavy atom. The van der Waals surface area contributed by atoms with Crippen LogP contribution in [0.3, 0.4) is 0 Å². The van der Waals surface area contributed by atoms with Crippen LogP contribution < -0.4 is 9.47 Å². The van der Waals surface area contributed by atoms with Gasteiger partial charge < -0.3 is 14.2 Å². The monoisotopic (exact) mass is 545 g/mol. The Morgan fingerprint density at radius 2 is 1.88 bits per heavy atom. The lowest BCUT2D eigenvalue weighted by Gasteiger charge is -2.47. The number of morpholine rings is 1. The zero-order valence-electron chi connectivity index (χ0n) is 25.1. The van der Waals surface area contributed by atoms with E-state index in [9.17, 15) is 4.79 Å². The van der Waals surface area contributed by atoms with E-state index in [0.717, 1.165) is 81.8 Å². The molecule has 2 aliphatic heterocycles. The van der Waals surface area contributed by atoms with Crippen LogP contribution in [0.5, 0.6) is 11.5 Å². The Hall–Kier alpha value is -2.63. The molecule has 5 rings (SSSR count). The Bertz CT molecular complexity index is 1210. The van der Waals surface area contributed by atoms with Gasteiger partial charge in [0.15, 0.2) is 0 Å². The minimum atomic E-state index is -0.305. The average molecular weight is 546 g/mol. The number of benzene rings is 2. The maximum atomic E-state index is 13.3. The van der Waals surface area contributed by atoms with Crippen molar-refractivity contribution in [2.45, 2.75) is 90.1 Å². The second-order valence-corrected chi connectivity index (χ2v) is 12.8. The molecule has 40 heavy (non-hydrogen) atoms. The molecule has 5 nitrogen and oxygen atoms in total. The molecular formula is C35H47NO4. The molecule has 0 aromatic heterocycles. The summed E-state index contributed by atoms with van der Waals surface area (Å²) in [5, 5.41) is 0. The number of hydrogen-bond acceptors (Lipinski definition) is 5. The second kappa shape index (κ2) is 12.1. The Kier molecular flexibility index (Phi) is 8.72. The minimum absolute atomic E-state index is 0.164. The van der Waals surface area contributed by atoms with Crippen LogP contribution >= 0.6 is 0 Å². The summed E-state index contributed by atoms with van der Waals surface area (Å²) in [6.45, 7) is 15.5. The largest absolute Gasteiger partial charge is 0.487 e. The Balaban J connectivity index is 1.52. The fourth-order valence-electron chi connectivity index (χ4n) is 7.12. The van der Waals surface area contributed by atoms with Crippen molar-refractivity contribution in [1.82, 2.24) is 4.90 Å². The first-order chi connectivity index (χ1) is 19.2. The summed E-state index contributed by atoms with van der Waals surface area (Å²) in [4.78, 5) is 15.7. The van der Waals surface area contributed by atoms with Crippen LogP contribution in [0.15, 0.2) is 54.1 Å². The van der Waals surface area contributed by atoms with Crippen molar-refractivity contribution in [1.29, 1.82) is 0 Å². The molecule has 0 radical (unpaired) electrons. The van der Waals surface area contributed by atoms with Gasteiger partial charge in [0, 0.05) is 42.3 Å². The smallest absolute Gasteiger partial charge is 0.311 e. The second-order valence-electron chi connectivity index (χ2n) is 12.8. The summed E-state index contributed by atoms with van der Waals surface area (Å²) in [6, 6.07) is 15.1. The summed E-state index contributed by atoms with van der Waals surface area (Å²) in [5.74, 6) is 1.89. The van der Waals surface area contributed by atoms with Gasteiger partial charge in [-0.2, -0.15) is 0 Å². The van der Waals surface area contributed by atoms with Crippen molar-refractivity contribution < 1.29 is 19.0 Å². The zero-order chi connectivity index (χ0) is 28.3. The van der Waals surface area contributed by atoms with Crippen molar-refractivity contribution in [2.24, 2.45) is 5.92 Å². The molecular weight excluding hydrogens is 498 g/mol. The van der Waals surface area contributed by atoms with Crippen molar-refractivity contribution in [2.75, 3.05) is 32.8 Å². The Labute approximate surface area is 240 Å². The quantitative estimate of drug-likeness (QED) is 0.186. The first kappa shape index (κ1) is 28.9. The van der Waals surface area contributed by atoms with Gasteiger partial charge in [-0.3, -0.25) is 9.69 Å². The molecule has 0 saturated carbocycles. The molecule has 3 unspecified atom stereocenters. The van der Waals surface area contributed by atoms with Crippen molar-refractivity contribution >= 4 is 5.97 Å². The van der Waals surface area contributed by atoms with E-state index in [2.05, 4.69) is 88.1 Å². The highest BCUT2D eigenvalue weighted by Crippen LogP contribution is 2.55. The van der Waals surface area contributed by atoms with E-state index in [-0.39, 0.29) is 22.9 Å². The number of allylic oxidation sites excluding steroid dienone is 2. The normalized spacial score (nSPS) is 23.7. The van der Waals surface area contributed by atoms with E-state index in [0.29, 0.717) is 18.1 Å². The number of esters is 1. The van der Waals surface area contributed by atoms with Crippen LogP contribution in [0.2, 0.25) is 0 Å². The number of nitrogens with zero attached hydrogens (tertiary/aromatic N) is 1. The Morgan fingerprint density at radius 3 is 2.60 bits per heavy atom. The van der Waals surface area contributed by atoms with Gasteiger partial charge in [-0.15, -0.1) is 0 Å². The molecule has 1 saturated heterocycles. The number of rotatable bonds is 9. The van der Waals surface area contributed by atoms with Gasteiger partial charge in [-0.25, -0.2) is 0 Å². The summed E-state index contributed by atoms with van der Waals surface area (Å²) < 4.78 is 18.6. The van der Waals surface area contributed by atoms with Gasteiger partial charge in [-0.1, -0.05) is 62.2 Å². The molecule has 0 bridgehead atoms. The van der Waals surface area contributed by atoms with Gasteiger partial charge in [0.25, 0.3) is 0 Å². The van der Waals surface area contributed by atoms with Crippen LogP contribution in [0, 0.1) is 5.92 Å². The van der Waals surface area contributed by atoms with Crippen LogP contribution in [0.4, 0.5) is 0 Å². The number of carbonyl (C=O) groups excluding carboxylic acids is 1. The van der Waals surface area contributed by atoms with Gasteiger partial charge in [0.05, 0.1) is 13.2 Å². The summed E-state index contributed by atoms with van der Waals surface area (Å²) in [6.07, 6.45) is 7.76. The number of fused-ring (bicyclic) bond motifs is 3. The van der Waals surface area contributed by atoms with Gasteiger partial charge >= 0.3 is 5.97 Å². The zero-order valence-corrected chi connectivity index (χ0v) is 25.1. The molecule has 5 heteroatoms. The third kappa shape index (κ3) is 6.01. The molecule has 2 heterocycles. The summed E-state index contributed by atoms with van der Waals surface area (Å²) in [7, 11) is 0. The van der Waals surface area contributed by atoms with Gasteiger partial charge in [-0.05, 0) is 76.3 Å². The van der Waals surface area contributed by atoms with Crippen molar-refractivity contribution in [3.05, 3.63) is 70.8 Å². The molecule has 216 valence electrons. The average Bonchev–Trinajstić information content (AvgIpc) is 2.93. The van der Waals surface area contributed by atoms with E-state index in [1.807, 2.05) is 0 Å². The molecule has 3 atom stereocenters. The molecule has 1 aliphatic carbocycles. The van der Waals surface area contributed by atoms with E-state index in [4.69, 9.17) is 14.2 Å². The number of carbonyl (C=O) groups is 1. The number of hydrogen-bond donors (Lipinski definition) is 0. The first-order valence-corrected chi connectivity index (χ1v) is 15.3.